The largest absolute Gasteiger partial charge is 0.397 e. The van der Waals surface area contributed by atoms with Crippen LogP contribution in [0.15, 0.2) is 18.2 Å². The summed E-state index contributed by atoms with van der Waals surface area (Å²) < 4.78 is 11.2. The Kier molecular flexibility index (Phi) is 6.02. The van der Waals surface area contributed by atoms with Gasteiger partial charge >= 0.3 is 0 Å². The van der Waals surface area contributed by atoms with Crippen LogP contribution in [0.1, 0.15) is 12.8 Å². The molecule has 0 saturated carbocycles. The van der Waals surface area contributed by atoms with Gasteiger partial charge in [0.05, 0.1) is 10.7 Å². The summed E-state index contributed by atoms with van der Waals surface area (Å²) in [5.74, 6) is 1.46. The molecule has 1 heterocycles. The zero-order valence-corrected chi connectivity index (χ0v) is 13.4. The second kappa shape index (κ2) is 7.77. The Morgan fingerprint density at radius 1 is 1.38 bits per heavy atom. The van der Waals surface area contributed by atoms with Crippen LogP contribution in [0, 0.1) is 0 Å². The van der Waals surface area contributed by atoms with Crippen molar-refractivity contribution in [2.45, 2.75) is 12.8 Å². The first-order chi connectivity index (χ1) is 10.0. The maximum absolute atomic E-state index is 11.9. The molecule has 1 aliphatic rings. The Morgan fingerprint density at radius 3 is 2.76 bits per heavy atom. The molecule has 0 radical (unpaired) electrons. The lowest BCUT2D eigenvalue weighted by Gasteiger charge is -2.25. The average Bonchev–Trinajstić information content (AvgIpc) is 2.45. The first-order valence-corrected chi connectivity index (χ1v) is 8.83. The third kappa shape index (κ3) is 5.30. The smallest absolute Gasteiger partial charge is 0.224 e. The van der Waals surface area contributed by atoms with Gasteiger partial charge in [0, 0.05) is 47.5 Å². The van der Waals surface area contributed by atoms with E-state index in [9.17, 15) is 9.00 Å². The number of carbonyl (C=O) groups is 1. The predicted molar refractivity (Wildman–Crippen MR) is 88.0 cm³/mol. The van der Waals surface area contributed by atoms with Gasteiger partial charge in [-0.2, -0.15) is 0 Å². The Labute approximate surface area is 132 Å². The van der Waals surface area contributed by atoms with Crippen molar-refractivity contribution >= 4 is 39.7 Å². The van der Waals surface area contributed by atoms with Crippen molar-refractivity contribution in [3.8, 4) is 0 Å². The number of nitrogens with two attached hydrogens (primary N) is 1. The van der Waals surface area contributed by atoms with Crippen molar-refractivity contribution in [1.29, 1.82) is 0 Å². The van der Waals surface area contributed by atoms with Crippen molar-refractivity contribution in [1.82, 2.24) is 4.90 Å². The van der Waals surface area contributed by atoms with Gasteiger partial charge in [-0.1, -0.05) is 11.6 Å². The number of carbonyl (C=O) groups excluding carboxylic acids is 1. The van der Waals surface area contributed by atoms with Gasteiger partial charge < -0.3 is 16.0 Å². The number of benzene rings is 1. The van der Waals surface area contributed by atoms with Crippen LogP contribution in [-0.2, 0) is 15.6 Å². The highest BCUT2D eigenvalue weighted by Crippen LogP contribution is 2.22. The lowest BCUT2D eigenvalue weighted by molar-refractivity contribution is -0.116. The highest BCUT2D eigenvalue weighted by atomic mass is 35.5. The molecule has 1 amide bonds. The molecule has 0 atom stereocenters. The van der Waals surface area contributed by atoms with E-state index in [-0.39, 0.29) is 5.91 Å². The summed E-state index contributed by atoms with van der Waals surface area (Å²) in [6.07, 6.45) is 1.25. The van der Waals surface area contributed by atoms with E-state index in [1.54, 1.807) is 18.2 Å². The maximum atomic E-state index is 11.9. The van der Waals surface area contributed by atoms with E-state index in [2.05, 4.69) is 10.2 Å². The van der Waals surface area contributed by atoms with E-state index in [1.807, 2.05) is 0 Å². The van der Waals surface area contributed by atoms with Gasteiger partial charge in [0.25, 0.3) is 0 Å². The zero-order valence-electron chi connectivity index (χ0n) is 11.8. The lowest BCUT2D eigenvalue weighted by Crippen LogP contribution is -2.38. The molecule has 3 N–H and O–H groups in total. The second-order valence-electron chi connectivity index (χ2n) is 5.08. The summed E-state index contributed by atoms with van der Waals surface area (Å²) >= 11 is 5.83. The van der Waals surface area contributed by atoms with E-state index in [0.29, 0.717) is 22.8 Å². The van der Waals surface area contributed by atoms with Crippen molar-refractivity contribution in [2.24, 2.45) is 0 Å². The van der Waals surface area contributed by atoms with E-state index in [1.165, 1.54) is 0 Å². The van der Waals surface area contributed by atoms with Crippen molar-refractivity contribution < 1.29 is 9.00 Å². The SMILES string of the molecule is Nc1cc(NC(=O)CCCN2CCS(=O)CC2)ccc1Cl. The molecule has 1 saturated heterocycles. The molecule has 1 aromatic rings. The Morgan fingerprint density at radius 2 is 2.10 bits per heavy atom. The van der Waals surface area contributed by atoms with Gasteiger partial charge in [-0.3, -0.25) is 9.00 Å². The van der Waals surface area contributed by atoms with Crippen molar-refractivity contribution in [3.05, 3.63) is 23.2 Å². The number of nitrogens with zero attached hydrogens (tertiary/aromatic N) is 1. The number of hydrogen-bond donors (Lipinski definition) is 2. The highest BCUT2D eigenvalue weighted by Gasteiger charge is 2.14. The second-order valence-corrected chi connectivity index (χ2v) is 7.18. The minimum absolute atomic E-state index is 0.0303. The minimum Gasteiger partial charge on any atom is -0.397 e. The number of rotatable bonds is 5. The monoisotopic (exact) mass is 329 g/mol. The molecule has 0 spiro atoms. The van der Waals surface area contributed by atoms with E-state index in [0.717, 1.165) is 37.6 Å². The number of nitrogens with one attached hydrogen (secondary N) is 1. The number of hydrogen-bond acceptors (Lipinski definition) is 4. The first kappa shape index (κ1) is 16.3. The van der Waals surface area contributed by atoms with Crippen LogP contribution in [0.25, 0.3) is 0 Å². The molecule has 7 heteroatoms. The number of amides is 1. The first-order valence-electron chi connectivity index (χ1n) is 6.97. The third-order valence-electron chi connectivity index (χ3n) is 3.43. The predicted octanol–water partition coefficient (Wildman–Crippen LogP) is 1.71. The molecular formula is C14H20ClN3O2S. The quantitative estimate of drug-likeness (QED) is 0.806. The number of halogens is 1. The van der Waals surface area contributed by atoms with Crippen LogP contribution in [0.2, 0.25) is 5.02 Å². The summed E-state index contributed by atoms with van der Waals surface area (Å²) in [6, 6.07) is 5.05. The molecule has 0 bridgehead atoms. The van der Waals surface area contributed by atoms with Crippen molar-refractivity contribution in [3.63, 3.8) is 0 Å². The summed E-state index contributed by atoms with van der Waals surface area (Å²) in [7, 11) is -0.650. The molecule has 0 unspecified atom stereocenters. The zero-order chi connectivity index (χ0) is 15.2. The molecule has 1 aliphatic heterocycles. The van der Waals surface area contributed by atoms with Gasteiger partial charge in [0.1, 0.15) is 0 Å². The van der Waals surface area contributed by atoms with Crippen LogP contribution in [0.4, 0.5) is 11.4 Å². The van der Waals surface area contributed by atoms with Gasteiger partial charge in [-0.05, 0) is 31.2 Å². The van der Waals surface area contributed by atoms with Crippen LogP contribution in [0.5, 0.6) is 0 Å². The summed E-state index contributed by atoms with van der Waals surface area (Å²) in [4.78, 5) is 14.1. The molecule has 0 aromatic heterocycles. The number of anilines is 2. The van der Waals surface area contributed by atoms with E-state index < -0.39 is 10.8 Å². The van der Waals surface area contributed by atoms with E-state index >= 15 is 0 Å². The van der Waals surface area contributed by atoms with Gasteiger partial charge in [-0.25, -0.2) is 0 Å². The standard InChI is InChI=1S/C14H20ClN3O2S/c15-12-4-3-11(10-13(12)16)17-14(19)2-1-5-18-6-8-21(20)9-7-18/h3-4,10H,1-2,5-9,16H2,(H,17,19). The molecule has 1 aromatic carbocycles. The molecule has 1 fully saturated rings. The van der Waals surface area contributed by atoms with E-state index in [4.69, 9.17) is 17.3 Å². The Hall–Kier alpha value is -1.11. The molecule has 0 aliphatic carbocycles. The van der Waals surface area contributed by atoms with Crippen molar-refractivity contribution in [2.75, 3.05) is 42.2 Å². The third-order valence-corrected chi connectivity index (χ3v) is 5.05. The molecule has 116 valence electrons. The number of nitrogen functional groups attached to an aromatic ring is 1. The van der Waals surface area contributed by atoms with Gasteiger partial charge in [0.2, 0.25) is 5.91 Å². The average molecular weight is 330 g/mol. The summed E-state index contributed by atoms with van der Waals surface area (Å²) in [5.41, 5.74) is 6.81. The topological polar surface area (TPSA) is 75.4 Å². The van der Waals surface area contributed by atoms with Crippen LogP contribution in [0.3, 0.4) is 0 Å². The fourth-order valence-electron chi connectivity index (χ4n) is 2.21. The molecule has 21 heavy (non-hydrogen) atoms. The van der Waals surface area contributed by atoms with Crippen LogP contribution >= 0.6 is 11.6 Å². The fourth-order valence-corrected chi connectivity index (χ4v) is 3.45. The normalized spacial score (nSPS) is 16.8. The molecule has 2 rings (SSSR count). The molecular weight excluding hydrogens is 310 g/mol. The summed E-state index contributed by atoms with van der Waals surface area (Å²) in [5, 5.41) is 3.29. The van der Waals surface area contributed by atoms with Gasteiger partial charge in [-0.15, -0.1) is 0 Å². The minimum atomic E-state index is -0.650. The van der Waals surface area contributed by atoms with Gasteiger partial charge in [0.15, 0.2) is 0 Å². The summed E-state index contributed by atoms with van der Waals surface area (Å²) in [6.45, 7) is 2.59. The van der Waals surface area contributed by atoms with Crippen LogP contribution < -0.4 is 11.1 Å². The maximum Gasteiger partial charge on any atom is 0.224 e. The Bertz CT molecular complexity index is 529. The Balaban J connectivity index is 1.70. The fraction of sp³-hybridized carbons (Fsp3) is 0.500. The lowest BCUT2D eigenvalue weighted by atomic mass is 10.2. The highest BCUT2D eigenvalue weighted by molar-refractivity contribution is 7.85. The van der Waals surface area contributed by atoms with Crippen LogP contribution in [-0.4, -0.2) is 46.2 Å². The molecule has 5 nitrogen and oxygen atoms in total.